The second kappa shape index (κ2) is 10.1. The lowest BCUT2D eigenvalue weighted by molar-refractivity contribution is -0.121. The number of benzene rings is 2. The maximum Gasteiger partial charge on any atom is 0.220 e. The monoisotopic (exact) mass is 394 g/mol. The van der Waals surface area contributed by atoms with E-state index in [4.69, 9.17) is 9.47 Å². The molecule has 1 N–H and O–H groups in total. The number of para-hydroxylation sites is 1. The van der Waals surface area contributed by atoms with E-state index in [9.17, 15) is 4.79 Å². The molecule has 0 aliphatic carbocycles. The molecule has 0 saturated heterocycles. The van der Waals surface area contributed by atoms with Gasteiger partial charge in [-0.3, -0.25) is 4.79 Å². The van der Waals surface area contributed by atoms with Crippen molar-refractivity contribution < 1.29 is 14.3 Å². The zero-order valence-corrected chi connectivity index (χ0v) is 17.5. The number of carbonyl (C=O) groups is 1. The van der Waals surface area contributed by atoms with E-state index in [0.717, 1.165) is 24.3 Å². The van der Waals surface area contributed by atoms with Gasteiger partial charge in [0.05, 0.1) is 7.11 Å². The number of amides is 1. The van der Waals surface area contributed by atoms with Crippen LogP contribution in [0.5, 0.6) is 5.75 Å². The van der Waals surface area contributed by atoms with Crippen LogP contribution in [0.4, 0.5) is 0 Å². The van der Waals surface area contributed by atoms with E-state index >= 15 is 0 Å². The first kappa shape index (κ1) is 20.9. The molecule has 1 heterocycles. The van der Waals surface area contributed by atoms with Gasteiger partial charge in [-0.1, -0.05) is 30.3 Å². The average molecular weight is 395 g/mol. The first-order valence-corrected chi connectivity index (χ1v) is 10.1. The third-order valence-corrected chi connectivity index (χ3v) is 5.27. The standard InChI is InChI=1S/C24H30N2O3/c1-4-26-17-22(20-11-5-6-12-23(20)26)21(16-24(27)25-13-8-14-28-2)18-9-7-10-19(15-18)29-3/h5-7,9-12,15,17,21H,4,8,13-14,16H2,1-3H3,(H,25,27)/t21-/m1/s1. The molecule has 0 radical (unpaired) electrons. The summed E-state index contributed by atoms with van der Waals surface area (Å²) in [4.78, 5) is 12.7. The number of ether oxygens (including phenoxy) is 2. The Hall–Kier alpha value is -2.79. The fraction of sp³-hybridized carbons (Fsp3) is 0.375. The van der Waals surface area contributed by atoms with Crippen molar-refractivity contribution in [3.05, 3.63) is 65.9 Å². The van der Waals surface area contributed by atoms with E-state index < -0.39 is 0 Å². The van der Waals surface area contributed by atoms with Crippen LogP contribution < -0.4 is 10.1 Å². The molecule has 0 saturated carbocycles. The molecule has 3 rings (SSSR count). The summed E-state index contributed by atoms with van der Waals surface area (Å²) in [6, 6.07) is 16.4. The summed E-state index contributed by atoms with van der Waals surface area (Å²) in [7, 11) is 3.34. The van der Waals surface area contributed by atoms with E-state index in [0.29, 0.717) is 19.6 Å². The molecule has 0 aliphatic heterocycles. The van der Waals surface area contributed by atoms with Gasteiger partial charge in [0.2, 0.25) is 5.91 Å². The molecule has 2 aromatic carbocycles. The largest absolute Gasteiger partial charge is 0.497 e. The number of aromatic nitrogens is 1. The lowest BCUT2D eigenvalue weighted by Gasteiger charge is -2.18. The maximum atomic E-state index is 12.7. The van der Waals surface area contributed by atoms with E-state index in [1.807, 2.05) is 18.2 Å². The summed E-state index contributed by atoms with van der Waals surface area (Å²) in [5.74, 6) is 0.791. The van der Waals surface area contributed by atoms with E-state index in [1.54, 1.807) is 14.2 Å². The Morgan fingerprint density at radius 2 is 1.97 bits per heavy atom. The molecule has 1 atom stereocenters. The summed E-state index contributed by atoms with van der Waals surface area (Å²) in [5.41, 5.74) is 3.44. The van der Waals surface area contributed by atoms with Crippen molar-refractivity contribution in [2.24, 2.45) is 0 Å². The smallest absolute Gasteiger partial charge is 0.220 e. The van der Waals surface area contributed by atoms with Gasteiger partial charge in [-0.2, -0.15) is 0 Å². The van der Waals surface area contributed by atoms with E-state index in [-0.39, 0.29) is 11.8 Å². The van der Waals surface area contributed by atoms with Gasteiger partial charge in [-0.25, -0.2) is 0 Å². The molecule has 1 amide bonds. The highest BCUT2D eigenvalue weighted by atomic mass is 16.5. The minimum Gasteiger partial charge on any atom is -0.497 e. The van der Waals surface area contributed by atoms with Crippen molar-refractivity contribution in [2.45, 2.75) is 32.2 Å². The minimum atomic E-state index is -0.0507. The zero-order valence-electron chi connectivity index (χ0n) is 17.5. The molecule has 5 heteroatoms. The highest BCUT2D eigenvalue weighted by Crippen LogP contribution is 2.36. The van der Waals surface area contributed by atoms with Crippen LogP contribution in [0, 0.1) is 0 Å². The summed E-state index contributed by atoms with van der Waals surface area (Å²) in [5, 5.41) is 4.22. The molecular formula is C24H30N2O3. The Kier molecular flexibility index (Phi) is 7.30. The molecule has 0 fully saturated rings. The van der Waals surface area contributed by atoms with Crippen molar-refractivity contribution >= 4 is 16.8 Å². The average Bonchev–Trinajstić information content (AvgIpc) is 3.14. The van der Waals surface area contributed by atoms with Crippen LogP contribution in [0.1, 0.15) is 36.8 Å². The minimum absolute atomic E-state index is 0.0438. The highest BCUT2D eigenvalue weighted by molar-refractivity contribution is 5.86. The number of carbonyl (C=O) groups excluding carboxylic acids is 1. The highest BCUT2D eigenvalue weighted by Gasteiger charge is 2.23. The molecule has 0 spiro atoms. The van der Waals surface area contributed by atoms with Crippen LogP contribution in [0.2, 0.25) is 0 Å². The quantitative estimate of drug-likeness (QED) is 0.520. The first-order chi connectivity index (χ1) is 14.2. The van der Waals surface area contributed by atoms with Gasteiger partial charge < -0.3 is 19.4 Å². The number of rotatable bonds is 10. The summed E-state index contributed by atoms with van der Waals surface area (Å²) in [6.45, 7) is 4.28. The Labute approximate surface area is 172 Å². The van der Waals surface area contributed by atoms with Crippen molar-refractivity contribution in [2.75, 3.05) is 27.4 Å². The third kappa shape index (κ3) is 4.98. The molecule has 1 aromatic heterocycles. The van der Waals surface area contributed by atoms with Gasteiger partial charge in [0.15, 0.2) is 0 Å². The predicted molar refractivity (Wildman–Crippen MR) is 117 cm³/mol. The number of nitrogens with one attached hydrogen (secondary N) is 1. The fourth-order valence-corrected chi connectivity index (χ4v) is 3.78. The zero-order chi connectivity index (χ0) is 20.6. The normalized spacial score (nSPS) is 12.1. The van der Waals surface area contributed by atoms with Crippen LogP contribution in [0.15, 0.2) is 54.7 Å². The van der Waals surface area contributed by atoms with Crippen molar-refractivity contribution in [1.82, 2.24) is 9.88 Å². The number of nitrogens with zero attached hydrogens (tertiary/aromatic N) is 1. The Morgan fingerprint density at radius 3 is 2.72 bits per heavy atom. The Morgan fingerprint density at radius 1 is 1.14 bits per heavy atom. The Bertz CT molecular complexity index is 948. The van der Waals surface area contributed by atoms with Gasteiger partial charge in [-0.15, -0.1) is 0 Å². The summed E-state index contributed by atoms with van der Waals surface area (Å²) < 4.78 is 12.7. The Balaban J connectivity index is 1.96. The van der Waals surface area contributed by atoms with Crippen molar-refractivity contribution in [3.63, 3.8) is 0 Å². The SMILES string of the molecule is CCn1cc([C@H](CC(=O)NCCCOC)c2cccc(OC)c2)c2ccccc21. The third-order valence-electron chi connectivity index (χ3n) is 5.27. The van der Waals surface area contributed by atoms with Crippen molar-refractivity contribution in [3.8, 4) is 5.75 Å². The fourth-order valence-electron chi connectivity index (χ4n) is 3.78. The van der Waals surface area contributed by atoms with Gasteiger partial charge in [0.1, 0.15) is 5.75 Å². The van der Waals surface area contributed by atoms with Crippen LogP contribution in [0.25, 0.3) is 10.9 Å². The van der Waals surface area contributed by atoms with Gasteiger partial charge in [0.25, 0.3) is 0 Å². The lowest BCUT2D eigenvalue weighted by atomic mass is 9.88. The first-order valence-electron chi connectivity index (χ1n) is 10.1. The lowest BCUT2D eigenvalue weighted by Crippen LogP contribution is -2.27. The molecule has 5 nitrogen and oxygen atoms in total. The molecule has 0 unspecified atom stereocenters. The van der Waals surface area contributed by atoms with Gasteiger partial charge in [-0.05, 0) is 42.7 Å². The van der Waals surface area contributed by atoms with Crippen LogP contribution >= 0.6 is 0 Å². The van der Waals surface area contributed by atoms with Gasteiger partial charge in [0, 0.05) is 56.2 Å². The second-order valence-electron chi connectivity index (χ2n) is 7.12. The molecule has 0 bridgehead atoms. The molecular weight excluding hydrogens is 364 g/mol. The number of hydrogen-bond acceptors (Lipinski definition) is 3. The number of hydrogen-bond donors (Lipinski definition) is 1. The maximum absolute atomic E-state index is 12.7. The molecule has 0 aliphatic rings. The van der Waals surface area contributed by atoms with Crippen LogP contribution in [-0.2, 0) is 16.1 Å². The summed E-state index contributed by atoms with van der Waals surface area (Å²) >= 11 is 0. The predicted octanol–water partition coefficient (Wildman–Crippen LogP) is 4.34. The molecule has 29 heavy (non-hydrogen) atoms. The van der Waals surface area contributed by atoms with Gasteiger partial charge >= 0.3 is 0 Å². The molecule has 3 aromatic rings. The number of aryl methyl sites for hydroxylation is 1. The summed E-state index contributed by atoms with van der Waals surface area (Å²) in [6.07, 6.45) is 3.38. The second-order valence-corrected chi connectivity index (χ2v) is 7.12. The number of fused-ring (bicyclic) bond motifs is 1. The van der Waals surface area contributed by atoms with E-state index in [2.05, 4.69) is 53.3 Å². The van der Waals surface area contributed by atoms with E-state index in [1.165, 1.54) is 16.5 Å². The van der Waals surface area contributed by atoms with Crippen LogP contribution in [0.3, 0.4) is 0 Å². The number of methoxy groups -OCH3 is 2. The molecule has 154 valence electrons. The van der Waals surface area contributed by atoms with Crippen LogP contribution in [-0.4, -0.2) is 37.8 Å². The van der Waals surface area contributed by atoms with Crippen molar-refractivity contribution in [1.29, 1.82) is 0 Å². The topological polar surface area (TPSA) is 52.5 Å².